The van der Waals surface area contributed by atoms with Gasteiger partial charge in [0.2, 0.25) is 0 Å². The lowest BCUT2D eigenvalue weighted by Gasteiger charge is -2.35. The van der Waals surface area contributed by atoms with E-state index in [-0.39, 0.29) is 12.3 Å². The molecule has 3 N–H and O–H groups in total. The summed E-state index contributed by atoms with van der Waals surface area (Å²) in [6, 6.07) is 3.69. The van der Waals surface area contributed by atoms with E-state index in [1.807, 2.05) is 36.4 Å². The fourth-order valence-electron chi connectivity index (χ4n) is 2.84. The van der Waals surface area contributed by atoms with E-state index in [1.165, 1.54) is 0 Å². The van der Waals surface area contributed by atoms with Crippen LogP contribution < -0.4 is 20.7 Å². The molecular formula is C17H25N7O2. The van der Waals surface area contributed by atoms with Crippen LogP contribution in [-0.4, -0.2) is 79.7 Å². The lowest BCUT2D eigenvalue weighted by atomic mass is 10.3. The van der Waals surface area contributed by atoms with Crippen LogP contribution in [0.3, 0.4) is 0 Å². The number of urea groups is 1. The fraction of sp³-hybridized carbons (Fsp3) is 0.471. The molecule has 0 bridgehead atoms. The first-order chi connectivity index (χ1) is 12.6. The lowest BCUT2D eigenvalue weighted by molar-refractivity contribution is 0.196. The Labute approximate surface area is 153 Å². The lowest BCUT2D eigenvalue weighted by Crippen LogP contribution is -2.51. The highest BCUT2D eigenvalue weighted by Gasteiger charge is 2.23. The van der Waals surface area contributed by atoms with Gasteiger partial charge in [-0.3, -0.25) is 5.73 Å². The number of nitrogens with zero attached hydrogens (tertiary/aromatic N) is 5. The second-order valence-electron chi connectivity index (χ2n) is 6.16. The van der Waals surface area contributed by atoms with Crippen LogP contribution in [0.15, 0.2) is 35.6 Å². The predicted molar refractivity (Wildman–Crippen MR) is 100 cm³/mol. The van der Waals surface area contributed by atoms with Crippen LogP contribution >= 0.6 is 0 Å². The van der Waals surface area contributed by atoms with Crippen LogP contribution in [0.5, 0.6) is 5.75 Å². The van der Waals surface area contributed by atoms with Crippen molar-refractivity contribution in [3.8, 4) is 5.75 Å². The summed E-state index contributed by atoms with van der Waals surface area (Å²) in [6.45, 7) is 3.03. The molecule has 1 fully saturated rings. The van der Waals surface area contributed by atoms with Gasteiger partial charge in [-0.05, 0) is 18.2 Å². The number of hydrogen-bond donors (Lipinski definition) is 2. The summed E-state index contributed by atoms with van der Waals surface area (Å²) in [6.07, 6.45) is 5.14. The number of aromatic nitrogens is 1. The normalized spacial score (nSPS) is 20.0. The molecule has 3 rings (SSSR count). The Kier molecular flexibility index (Phi) is 5.57. The van der Waals surface area contributed by atoms with Crippen molar-refractivity contribution in [1.29, 1.82) is 0 Å². The van der Waals surface area contributed by atoms with E-state index in [1.54, 1.807) is 18.1 Å². The van der Waals surface area contributed by atoms with E-state index in [4.69, 9.17) is 10.5 Å². The molecule has 2 aliphatic heterocycles. The van der Waals surface area contributed by atoms with Crippen LogP contribution in [0, 0.1) is 0 Å². The van der Waals surface area contributed by atoms with Crippen molar-refractivity contribution < 1.29 is 9.53 Å². The first-order valence-corrected chi connectivity index (χ1v) is 8.60. The number of anilines is 1. The van der Waals surface area contributed by atoms with E-state index in [2.05, 4.69) is 20.2 Å². The summed E-state index contributed by atoms with van der Waals surface area (Å²) in [7, 11) is 3.52. The van der Waals surface area contributed by atoms with Crippen molar-refractivity contribution in [2.24, 2.45) is 10.7 Å². The van der Waals surface area contributed by atoms with Crippen LogP contribution in [-0.2, 0) is 0 Å². The molecule has 1 atom stereocenters. The molecular weight excluding hydrogens is 334 g/mol. The SMILES string of the molecule is CNC(=O)N1CCN(c2ncccc2OCC2=NC(N)N(C)C=C2)CC1. The maximum atomic E-state index is 11.7. The molecule has 1 aromatic heterocycles. The Bertz CT molecular complexity index is 698. The van der Waals surface area contributed by atoms with Crippen molar-refractivity contribution in [2.45, 2.75) is 6.29 Å². The number of carbonyl (C=O) groups excluding carboxylic acids is 1. The van der Waals surface area contributed by atoms with Gasteiger partial charge in [0, 0.05) is 52.7 Å². The Morgan fingerprint density at radius 2 is 2.15 bits per heavy atom. The maximum Gasteiger partial charge on any atom is 0.317 e. The van der Waals surface area contributed by atoms with Crippen LogP contribution in [0.25, 0.3) is 0 Å². The summed E-state index contributed by atoms with van der Waals surface area (Å²) >= 11 is 0. The first kappa shape index (κ1) is 18.0. The number of rotatable bonds is 4. The smallest absolute Gasteiger partial charge is 0.317 e. The van der Waals surface area contributed by atoms with Gasteiger partial charge >= 0.3 is 6.03 Å². The van der Waals surface area contributed by atoms with Gasteiger partial charge in [-0.25, -0.2) is 14.8 Å². The third-order valence-electron chi connectivity index (χ3n) is 4.42. The molecule has 0 radical (unpaired) electrons. The van der Waals surface area contributed by atoms with Crippen molar-refractivity contribution in [3.05, 3.63) is 30.6 Å². The predicted octanol–water partition coefficient (Wildman–Crippen LogP) is 0.0642. The van der Waals surface area contributed by atoms with Crippen molar-refractivity contribution >= 4 is 17.6 Å². The minimum atomic E-state index is -0.384. The minimum absolute atomic E-state index is 0.0504. The number of nitrogens with two attached hydrogens (primary N) is 1. The third-order valence-corrected chi connectivity index (χ3v) is 4.42. The molecule has 9 heteroatoms. The first-order valence-electron chi connectivity index (χ1n) is 8.60. The number of hydrogen-bond acceptors (Lipinski definition) is 7. The second kappa shape index (κ2) is 8.05. The van der Waals surface area contributed by atoms with Crippen LogP contribution in [0.2, 0.25) is 0 Å². The molecule has 9 nitrogen and oxygen atoms in total. The topological polar surface area (TPSA) is 99.3 Å². The molecule has 1 unspecified atom stereocenters. The summed E-state index contributed by atoms with van der Waals surface area (Å²) < 4.78 is 5.96. The number of carbonyl (C=O) groups is 1. The zero-order valence-corrected chi connectivity index (χ0v) is 15.1. The van der Waals surface area contributed by atoms with Gasteiger partial charge in [-0.15, -0.1) is 0 Å². The molecule has 0 saturated carbocycles. The standard InChI is InChI=1S/C17H25N7O2/c1-19-17(25)24-10-8-23(9-11-24)15-14(4-3-6-20-15)26-12-13-5-7-22(2)16(18)21-13/h3-7,16H,8-12,18H2,1-2H3,(H,19,25). The van der Waals surface area contributed by atoms with Gasteiger partial charge in [0.05, 0.1) is 5.71 Å². The average molecular weight is 359 g/mol. The Morgan fingerprint density at radius 3 is 2.85 bits per heavy atom. The summed E-state index contributed by atoms with van der Waals surface area (Å²) in [4.78, 5) is 26.3. The number of piperazine rings is 1. The molecule has 26 heavy (non-hydrogen) atoms. The fourth-order valence-corrected chi connectivity index (χ4v) is 2.84. The van der Waals surface area contributed by atoms with Gasteiger partial charge in [0.1, 0.15) is 6.61 Å². The van der Waals surface area contributed by atoms with Gasteiger partial charge in [0.25, 0.3) is 0 Å². The minimum Gasteiger partial charge on any atom is -0.483 e. The van der Waals surface area contributed by atoms with Crippen molar-refractivity contribution in [3.63, 3.8) is 0 Å². The molecule has 1 saturated heterocycles. The molecule has 140 valence electrons. The van der Waals surface area contributed by atoms with Gasteiger partial charge < -0.3 is 24.8 Å². The molecule has 0 spiro atoms. The monoisotopic (exact) mass is 359 g/mol. The molecule has 1 aromatic rings. The molecule has 2 aliphatic rings. The highest BCUT2D eigenvalue weighted by atomic mass is 16.5. The number of aliphatic imine (C=N–C) groups is 1. The molecule has 0 aliphatic carbocycles. The van der Waals surface area contributed by atoms with E-state index in [0.717, 1.165) is 11.5 Å². The Hall–Kier alpha value is -2.81. The number of nitrogens with one attached hydrogen (secondary N) is 1. The largest absolute Gasteiger partial charge is 0.483 e. The summed E-state index contributed by atoms with van der Waals surface area (Å²) in [5, 5.41) is 2.66. The van der Waals surface area contributed by atoms with Crippen LogP contribution in [0.1, 0.15) is 0 Å². The number of ether oxygens (including phenoxy) is 1. The van der Waals surface area contributed by atoms with Crippen molar-refractivity contribution in [2.75, 3.05) is 51.8 Å². The van der Waals surface area contributed by atoms with Gasteiger partial charge in [-0.2, -0.15) is 0 Å². The van der Waals surface area contributed by atoms with E-state index in [0.29, 0.717) is 38.5 Å². The van der Waals surface area contributed by atoms with Gasteiger partial charge in [0.15, 0.2) is 17.9 Å². The van der Waals surface area contributed by atoms with E-state index < -0.39 is 0 Å². The van der Waals surface area contributed by atoms with E-state index >= 15 is 0 Å². The van der Waals surface area contributed by atoms with Crippen LogP contribution in [0.4, 0.5) is 10.6 Å². The molecule has 0 aromatic carbocycles. The zero-order valence-electron chi connectivity index (χ0n) is 15.1. The Morgan fingerprint density at radius 1 is 1.38 bits per heavy atom. The highest BCUT2D eigenvalue weighted by Crippen LogP contribution is 2.26. The molecule has 2 amide bonds. The summed E-state index contributed by atoms with van der Waals surface area (Å²) in [5.41, 5.74) is 6.69. The summed E-state index contributed by atoms with van der Waals surface area (Å²) in [5.74, 6) is 1.48. The van der Waals surface area contributed by atoms with Crippen molar-refractivity contribution in [1.82, 2.24) is 20.1 Å². The Balaban J connectivity index is 1.63. The number of pyridine rings is 1. The molecule has 3 heterocycles. The maximum absolute atomic E-state index is 11.7. The van der Waals surface area contributed by atoms with E-state index in [9.17, 15) is 4.79 Å². The van der Waals surface area contributed by atoms with Gasteiger partial charge in [-0.1, -0.05) is 0 Å². The highest BCUT2D eigenvalue weighted by molar-refractivity contribution is 5.96. The number of amides is 2. The third kappa shape index (κ3) is 4.05. The quantitative estimate of drug-likeness (QED) is 0.789. The zero-order chi connectivity index (χ0) is 18.5. The average Bonchev–Trinajstić information content (AvgIpc) is 2.68. The second-order valence-corrected chi connectivity index (χ2v) is 6.16.